The van der Waals surface area contributed by atoms with Crippen LogP contribution in [0.15, 0.2) is 53.3 Å². The molecule has 0 bridgehead atoms. The summed E-state index contributed by atoms with van der Waals surface area (Å²) in [6.45, 7) is 3.42. The van der Waals surface area contributed by atoms with Gasteiger partial charge in [0.1, 0.15) is 5.75 Å². The van der Waals surface area contributed by atoms with E-state index >= 15 is 0 Å². The molecule has 1 N–H and O–H groups in total. The summed E-state index contributed by atoms with van der Waals surface area (Å²) in [4.78, 5) is 31.7. The lowest BCUT2D eigenvalue weighted by Crippen LogP contribution is -2.44. The van der Waals surface area contributed by atoms with Gasteiger partial charge in [-0.15, -0.1) is 0 Å². The van der Waals surface area contributed by atoms with Crippen molar-refractivity contribution < 1.29 is 18.7 Å². The van der Waals surface area contributed by atoms with Crippen LogP contribution in [-0.2, 0) is 30.7 Å². The topological polar surface area (TPSA) is 84.7 Å². The van der Waals surface area contributed by atoms with Gasteiger partial charge in [0.2, 0.25) is 0 Å². The molecule has 0 fully saturated rings. The number of hydrogen-bond acceptors (Lipinski definition) is 5. The maximum absolute atomic E-state index is 13.1. The average molecular weight is 417 g/mol. The quantitative estimate of drug-likeness (QED) is 0.706. The standard InChI is InChI=1S/C24H23N3O4/c1-15-19(13-26-23(28)21-7-4-10-30-21)18-8-9-27(14-17(18)12-25-15)24(29)22-11-16-5-2-3-6-20(16)31-22/h2-7,10,12,22H,8-9,11,13-14H2,1H3,(H,26,28). The minimum Gasteiger partial charge on any atom is -0.480 e. The highest BCUT2D eigenvalue weighted by Gasteiger charge is 2.34. The summed E-state index contributed by atoms with van der Waals surface area (Å²) >= 11 is 0. The third-order valence-electron chi connectivity index (χ3n) is 6.00. The molecule has 1 aromatic carbocycles. The third-order valence-corrected chi connectivity index (χ3v) is 6.00. The first-order valence-corrected chi connectivity index (χ1v) is 10.4. The molecular formula is C24H23N3O4. The molecule has 7 heteroatoms. The number of rotatable bonds is 4. The summed E-state index contributed by atoms with van der Waals surface area (Å²) < 4.78 is 11.0. The summed E-state index contributed by atoms with van der Waals surface area (Å²) in [7, 11) is 0. The highest BCUT2D eigenvalue weighted by Crippen LogP contribution is 2.30. The van der Waals surface area contributed by atoms with E-state index in [4.69, 9.17) is 9.15 Å². The SMILES string of the molecule is Cc1ncc2c(c1CNC(=O)c1ccco1)CCN(C(=O)C1Cc3ccccc3O1)C2. The number of benzene rings is 1. The van der Waals surface area contributed by atoms with Gasteiger partial charge in [-0.25, -0.2) is 0 Å². The van der Waals surface area contributed by atoms with E-state index in [1.54, 1.807) is 12.1 Å². The molecule has 0 aliphatic carbocycles. The van der Waals surface area contributed by atoms with Crippen molar-refractivity contribution in [2.75, 3.05) is 6.54 Å². The zero-order valence-electron chi connectivity index (χ0n) is 17.3. The predicted octanol–water partition coefficient (Wildman–Crippen LogP) is 2.80. The van der Waals surface area contributed by atoms with Crippen LogP contribution in [0, 0.1) is 6.92 Å². The second-order valence-corrected chi connectivity index (χ2v) is 7.91. The van der Waals surface area contributed by atoms with Gasteiger partial charge in [0.05, 0.1) is 6.26 Å². The molecule has 2 aliphatic rings. The number of nitrogens with one attached hydrogen (secondary N) is 1. The fourth-order valence-corrected chi connectivity index (χ4v) is 4.33. The van der Waals surface area contributed by atoms with E-state index in [1.807, 2.05) is 42.3 Å². The highest BCUT2D eigenvalue weighted by atomic mass is 16.5. The van der Waals surface area contributed by atoms with Gasteiger partial charge < -0.3 is 19.4 Å². The van der Waals surface area contributed by atoms with Crippen molar-refractivity contribution in [3.63, 3.8) is 0 Å². The number of amides is 2. The fourth-order valence-electron chi connectivity index (χ4n) is 4.33. The lowest BCUT2D eigenvalue weighted by atomic mass is 9.94. The maximum atomic E-state index is 13.1. The van der Waals surface area contributed by atoms with E-state index in [9.17, 15) is 9.59 Å². The number of para-hydroxylation sites is 1. The van der Waals surface area contributed by atoms with Crippen molar-refractivity contribution in [2.45, 2.75) is 39.0 Å². The van der Waals surface area contributed by atoms with Gasteiger partial charge in [-0.2, -0.15) is 0 Å². The fraction of sp³-hybridized carbons (Fsp3) is 0.292. The monoisotopic (exact) mass is 417 g/mol. The van der Waals surface area contributed by atoms with Crippen LogP contribution in [0.5, 0.6) is 5.75 Å². The van der Waals surface area contributed by atoms with Crippen molar-refractivity contribution in [1.82, 2.24) is 15.2 Å². The molecule has 31 heavy (non-hydrogen) atoms. The molecule has 0 saturated heterocycles. The van der Waals surface area contributed by atoms with Crippen LogP contribution < -0.4 is 10.1 Å². The zero-order valence-corrected chi connectivity index (χ0v) is 17.3. The molecule has 1 atom stereocenters. The highest BCUT2D eigenvalue weighted by molar-refractivity contribution is 5.91. The second-order valence-electron chi connectivity index (χ2n) is 7.91. The molecule has 5 rings (SSSR count). The minimum absolute atomic E-state index is 0.00935. The first-order chi connectivity index (χ1) is 15.1. The average Bonchev–Trinajstić information content (AvgIpc) is 3.47. The molecule has 0 spiro atoms. The molecule has 0 saturated carbocycles. The van der Waals surface area contributed by atoms with E-state index in [2.05, 4.69) is 10.3 Å². The Hall–Kier alpha value is -3.61. The van der Waals surface area contributed by atoms with E-state index < -0.39 is 6.10 Å². The Labute approximate surface area is 180 Å². The molecule has 0 radical (unpaired) electrons. The maximum Gasteiger partial charge on any atom is 0.287 e. The van der Waals surface area contributed by atoms with Gasteiger partial charge in [-0.1, -0.05) is 18.2 Å². The molecule has 2 amide bonds. The number of carbonyl (C=O) groups excluding carboxylic acids is 2. The zero-order chi connectivity index (χ0) is 21.4. The largest absolute Gasteiger partial charge is 0.480 e. The number of aromatic nitrogens is 1. The number of carbonyl (C=O) groups is 2. The van der Waals surface area contributed by atoms with Gasteiger partial charge in [0.25, 0.3) is 11.8 Å². The van der Waals surface area contributed by atoms with Crippen LogP contribution in [0.25, 0.3) is 0 Å². The number of pyridine rings is 1. The van der Waals surface area contributed by atoms with Gasteiger partial charge in [0.15, 0.2) is 11.9 Å². The van der Waals surface area contributed by atoms with E-state index in [0.717, 1.165) is 40.1 Å². The summed E-state index contributed by atoms with van der Waals surface area (Å²) in [5.41, 5.74) is 5.14. The van der Waals surface area contributed by atoms with Crippen LogP contribution in [0.4, 0.5) is 0 Å². The van der Waals surface area contributed by atoms with Crippen LogP contribution in [0.2, 0.25) is 0 Å². The molecule has 2 aliphatic heterocycles. The number of ether oxygens (including phenoxy) is 1. The predicted molar refractivity (Wildman–Crippen MR) is 113 cm³/mol. The summed E-state index contributed by atoms with van der Waals surface area (Å²) in [5, 5.41) is 2.91. The van der Waals surface area contributed by atoms with Gasteiger partial charge in [-0.05, 0) is 53.8 Å². The molecule has 158 valence electrons. The van der Waals surface area contributed by atoms with Gasteiger partial charge >= 0.3 is 0 Å². The Morgan fingerprint density at radius 1 is 1.19 bits per heavy atom. The van der Waals surface area contributed by atoms with Gasteiger partial charge in [0, 0.05) is 37.9 Å². The summed E-state index contributed by atoms with van der Waals surface area (Å²) in [5.74, 6) is 0.831. The number of fused-ring (bicyclic) bond motifs is 2. The molecule has 4 heterocycles. The van der Waals surface area contributed by atoms with Crippen molar-refractivity contribution in [3.8, 4) is 5.75 Å². The van der Waals surface area contributed by atoms with Crippen molar-refractivity contribution in [2.24, 2.45) is 0 Å². The summed E-state index contributed by atoms with van der Waals surface area (Å²) in [6, 6.07) is 11.1. The van der Waals surface area contributed by atoms with Crippen LogP contribution >= 0.6 is 0 Å². The second kappa shape index (κ2) is 7.91. The Kier molecular flexibility index (Phi) is 4.94. The van der Waals surface area contributed by atoms with Crippen molar-refractivity contribution in [3.05, 3.63) is 82.6 Å². The first-order valence-electron chi connectivity index (χ1n) is 10.4. The van der Waals surface area contributed by atoms with Crippen molar-refractivity contribution >= 4 is 11.8 Å². The first kappa shape index (κ1) is 19.4. The van der Waals surface area contributed by atoms with Gasteiger partial charge in [-0.3, -0.25) is 14.6 Å². The van der Waals surface area contributed by atoms with E-state index in [1.165, 1.54) is 6.26 Å². The Balaban J connectivity index is 1.29. The third kappa shape index (κ3) is 3.67. The van der Waals surface area contributed by atoms with E-state index in [-0.39, 0.29) is 17.6 Å². The molecular weight excluding hydrogens is 394 g/mol. The smallest absolute Gasteiger partial charge is 0.287 e. The Morgan fingerprint density at radius 2 is 2.06 bits per heavy atom. The normalized spacial score (nSPS) is 16.9. The molecule has 1 unspecified atom stereocenters. The van der Waals surface area contributed by atoms with Crippen LogP contribution in [0.3, 0.4) is 0 Å². The number of aryl methyl sites for hydroxylation is 1. The lowest BCUT2D eigenvalue weighted by molar-refractivity contribution is -0.138. The van der Waals surface area contributed by atoms with Crippen LogP contribution in [0.1, 0.15) is 38.5 Å². The number of furan rings is 1. The van der Waals surface area contributed by atoms with E-state index in [0.29, 0.717) is 26.1 Å². The molecule has 2 aromatic heterocycles. The summed E-state index contributed by atoms with van der Waals surface area (Å²) in [6.07, 6.45) is 4.17. The van der Waals surface area contributed by atoms with Crippen molar-refractivity contribution in [1.29, 1.82) is 0 Å². The Bertz CT molecular complexity index is 1110. The number of hydrogen-bond donors (Lipinski definition) is 1. The number of nitrogens with zero attached hydrogens (tertiary/aromatic N) is 2. The minimum atomic E-state index is -0.468. The van der Waals surface area contributed by atoms with Crippen LogP contribution in [-0.4, -0.2) is 34.3 Å². The molecule has 7 nitrogen and oxygen atoms in total. The Morgan fingerprint density at radius 3 is 2.87 bits per heavy atom. The lowest BCUT2D eigenvalue weighted by Gasteiger charge is -2.32. The molecule has 3 aromatic rings.